The topological polar surface area (TPSA) is 87.3 Å². The molecule has 1 aliphatic heterocycles. The van der Waals surface area contributed by atoms with Gasteiger partial charge < -0.3 is 16.0 Å². The number of carbonyl (C=O) groups excluding carboxylic acids is 3. The minimum Gasteiger partial charge on any atom is -0.347 e. The number of nitrogens with one attached hydrogen (secondary N) is 3. The van der Waals surface area contributed by atoms with Crippen LogP contribution in [0.4, 0.5) is 11.4 Å². The highest BCUT2D eigenvalue weighted by atomic mass is 32.2. The SMILES string of the molecule is C#Cc1cccc(NC(=O)CNC(=O)CC2Sc3ccccc3NC2=O)c1. The molecule has 0 saturated carbocycles. The zero-order valence-corrected chi connectivity index (χ0v) is 15.1. The van der Waals surface area contributed by atoms with Crippen molar-refractivity contribution in [1.82, 2.24) is 5.32 Å². The molecule has 1 unspecified atom stereocenters. The van der Waals surface area contributed by atoms with Crippen LogP contribution in [0.15, 0.2) is 53.4 Å². The van der Waals surface area contributed by atoms with Crippen LogP contribution in [0.3, 0.4) is 0 Å². The Balaban J connectivity index is 1.49. The summed E-state index contributed by atoms with van der Waals surface area (Å²) in [7, 11) is 0. The van der Waals surface area contributed by atoms with Crippen LogP contribution in [0.1, 0.15) is 12.0 Å². The number of amides is 3. The van der Waals surface area contributed by atoms with E-state index in [-0.39, 0.29) is 30.7 Å². The van der Waals surface area contributed by atoms with Crippen molar-refractivity contribution >= 4 is 40.9 Å². The predicted octanol–water partition coefficient (Wildman–Crippen LogP) is 2.23. The fourth-order valence-corrected chi connectivity index (χ4v) is 3.65. The molecular formula is C20H17N3O3S. The molecule has 27 heavy (non-hydrogen) atoms. The van der Waals surface area contributed by atoms with Crippen molar-refractivity contribution in [2.45, 2.75) is 16.6 Å². The van der Waals surface area contributed by atoms with Gasteiger partial charge in [0.25, 0.3) is 0 Å². The highest BCUT2D eigenvalue weighted by molar-refractivity contribution is 8.01. The quantitative estimate of drug-likeness (QED) is 0.695. The Bertz CT molecular complexity index is 936. The number of carbonyl (C=O) groups is 3. The Kier molecular flexibility index (Phi) is 5.79. The minimum atomic E-state index is -0.532. The summed E-state index contributed by atoms with van der Waals surface area (Å²) in [5.41, 5.74) is 1.96. The summed E-state index contributed by atoms with van der Waals surface area (Å²) in [4.78, 5) is 37.1. The van der Waals surface area contributed by atoms with E-state index >= 15 is 0 Å². The second kappa shape index (κ2) is 8.43. The standard InChI is InChI=1S/C20H17N3O3S/c1-2-13-6-5-7-14(10-13)22-19(25)12-21-18(24)11-17-20(26)23-15-8-3-4-9-16(15)27-17/h1,3-10,17H,11-12H2,(H,21,24)(H,22,25)(H,23,26). The zero-order chi connectivity index (χ0) is 19.2. The van der Waals surface area contributed by atoms with Crippen molar-refractivity contribution in [2.75, 3.05) is 17.2 Å². The number of terminal acetylenes is 1. The Hall–Kier alpha value is -3.24. The van der Waals surface area contributed by atoms with Crippen molar-refractivity contribution in [1.29, 1.82) is 0 Å². The molecular weight excluding hydrogens is 362 g/mol. The molecule has 3 rings (SSSR count). The number of hydrogen-bond acceptors (Lipinski definition) is 4. The van der Waals surface area contributed by atoms with Gasteiger partial charge in [-0.1, -0.05) is 24.1 Å². The number of fused-ring (bicyclic) bond motifs is 1. The van der Waals surface area contributed by atoms with Crippen LogP contribution in [0.25, 0.3) is 0 Å². The molecule has 3 N–H and O–H groups in total. The fraction of sp³-hybridized carbons (Fsp3) is 0.150. The van der Waals surface area contributed by atoms with Gasteiger partial charge in [-0.05, 0) is 30.3 Å². The Morgan fingerprint density at radius 1 is 1.15 bits per heavy atom. The number of rotatable bonds is 5. The number of para-hydroxylation sites is 1. The molecule has 0 aliphatic carbocycles. The van der Waals surface area contributed by atoms with E-state index < -0.39 is 5.25 Å². The summed E-state index contributed by atoms with van der Waals surface area (Å²) < 4.78 is 0. The molecule has 3 amide bonds. The third-order valence-corrected chi connectivity index (χ3v) is 5.11. The van der Waals surface area contributed by atoms with E-state index in [9.17, 15) is 14.4 Å². The third-order valence-electron chi connectivity index (χ3n) is 3.84. The zero-order valence-electron chi connectivity index (χ0n) is 14.3. The molecule has 6 nitrogen and oxygen atoms in total. The maximum Gasteiger partial charge on any atom is 0.243 e. The lowest BCUT2D eigenvalue weighted by atomic mass is 10.2. The molecule has 1 aliphatic rings. The summed E-state index contributed by atoms with van der Waals surface area (Å²) in [5.74, 6) is 1.53. The average molecular weight is 379 g/mol. The normalized spacial score (nSPS) is 15.1. The first kappa shape index (κ1) is 18.5. The summed E-state index contributed by atoms with van der Waals surface area (Å²) in [6.07, 6.45) is 5.31. The molecule has 0 aromatic heterocycles. The molecule has 1 atom stereocenters. The van der Waals surface area contributed by atoms with Gasteiger partial charge in [0.15, 0.2) is 0 Å². The lowest BCUT2D eigenvalue weighted by molar-refractivity contribution is -0.125. The first-order valence-electron chi connectivity index (χ1n) is 8.25. The van der Waals surface area contributed by atoms with E-state index in [1.807, 2.05) is 24.3 Å². The molecule has 1 heterocycles. The van der Waals surface area contributed by atoms with Crippen molar-refractivity contribution < 1.29 is 14.4 Å². The predicted molar refractivity (Wildman–Crippen MR) is 105 cm³/mol. The smallest absolute Gasteiger partial charge is 0.243 e. The van der Waals surface area contributed by atoms with Gasteiger partial charge in [0.1, 0.15) is 0 Å². The monoisotopic (exact) mass is 379 g/mol. The summed E-state index contributed by atoms with van der Waals surface area (Å²) in [6, 6.07) is 14.3. The Labute approximate surface area is 161 Å². The van der Waals surface area contributed by atoms with Crippen molar-refractivity contribution in [3.05, 3.63) is 54.1 Å². The summed E-state index contributed by atoms with van der Waals surface area (Å²) >= 11 is 1.34. The van der Waals surface area contributed by atoms with Crippen LogP contribution in [0.5, 0.6) is 0 Å². The van der Waals surface area contributed by atoms with E-state index in [2.05, 4.69) is 21.9 Å². The molecule has 7 heteroatoms. The molecule has 0 saturated heterocycles. The second-order valence-electron chi connectivity index (χ2n) is 5.85. The highest BCUT2D eigenvalue weighted by Gasteiger charge is 2.28. The first-order valence-corrected chi connectivity index (χ1v) is 9.13. The van der Waals surface area contributed by atoms with Crippen LogP contribution in [0, 0.1) is 12.3 Å². The molecule has 0 bridgehead atoms. The first-order chi connectivity index (χ1) is 13.0. The largest absolute Gasteiger partial charge is 0.347 e. The summed E-state index contributed by atoms with van der Waals surface area (Å²) in [5, 5.41) is 7.46. The van der Waals surface area contributed by atoms with E-state index in [1.165, 1.54) is 11.8 Å². The van der Waals surface area contributed by atoms with Gasteiger partial charge in [-0.2, -0.15) is 0 Å². The number of hydrogen-bond donors (Lipinski definition) is 3. The van der Waals surface area contributed by atoms with E-state index in [1.54, 1.807) is 24.3 Å². The minimum absolute atomic E-state index is 0.00923. The second-order valence-corrected chi connectivity index (χ2v) is 7.09. The van der Waals surface area contributed by atoms with Crippen molar-refractivity contribution in [2.24, 2.45) is 0 Å². The number of benzene rings is 2. The Morgan fingerprint density at radius 3 is 2.78 bits per heavy atom. The molecule has 0 radical (unpaired) electrons. The van der Waals surface area contributed by atoms with Gasteiger partial charge >= 0.3 is 0 Å². The van der Waals surface area contributed by atoms with Crippen LogP contribution in [0.2, 0.25) is 0 Å². The molecule has 0 fully saturated rings. The van der Waals surface area contributed by atoms with Gasteiger partial charge in [-0.25, -0.2) is 0 Å². The van der Waals surface area contributed by atoms with Gasteiger partial charge in [0, 0.05) is 22.6 Å². The molecule has 2 aromatic rings. The molecule has 2 aromatic carbocycles. The lowest BCUT2D eigenvalue weighted by Crippen LogP contribution is -2.37. The van der Waals surface area contributed by atoms with Crippen LogP contribution in [-0.2, 0) is 14.4 Å². The van der Waals surface area contributed by atoms with E-state index in [4.69, 9.17) is 6.42 Å². The van der Waals surface area contributed by atoms with Gasteiger partial charge in [-0.15, -0.1) is 18.2 Å². The summed E-state index contributed by atoms with van der Waals surface area (Å²) in [6.45, 7) is -0.186. The number of anilines is 2. The van der Waals surface area contributed by atoms with Crippen LogP contribution >= 0.6 is 11.8 Å². The van der Waals surface area contributed by atoms with E-state index in [0.717, 1.165) is 10.6 Å². The van der Waals surface area contributed by atoms with Gasteiger partial charge in [0.05, 0.1) is 17.5 Å². The van der Waals surface area contributed by atoms with Crippen molar-refractivity contribution in [3.63, 3.8) is 0 Å². The Morgan fingerprint density at radius 2 is 1.96 bits per heavy atom. The van der Waals surface area contributed by atoms with Crippen molar-refractivity contribution in [3.8, 4) is 12.3 Å². The third kappa shape index (κ3) is 4.90. The fourth-order valence-electron chi connectivity index (χ4n) is 2.54. The highest BCUT2D eigenvalue weighted by Crippen LogP contribution is 2.36. The van der Waals surface area contributed by atoms with Crippen LogP contribution < -0.4 is 16.0 Å². The van der Waals surface area contributed by atoms with Crippen LogP contribution in [-0.4, -0.2) is 29.5 Å². The maximum absolute atomic E-state index is 12.1. The van der Waals surface area contributed by atoms with Gasteiger partial charge in [0.2, 0.25) is 17.7 Å². The molecule has 0 spiro atoms. The van der Waals surface area contributed by atoms with E-state index in [0.29, 0.717) is 11.3 Å². The molecule has 136 valence electrons. The number of thioether (sulfide) groups is 1. The lowest BCUT2D eigenvalue weighted by Gasteiger charge is -2.23. The van der Waals surface area contributed by atoms with Gasteiger partial charge in [-0.3, -0.25) is 14.4 Å². The maximum atomic E-state index is 12.1. The average Bonchev–Trinajstić information content (AvgIpc) is 2.67.